The number of alkyl halides is 1. The summed E-state index contributed by atoms with van der Waals surface area (Å²) in [6, 6.07) is 11.4. The van der Waals surface area contributed by atoms with E-state index in [1.807, 2.05) is 49.1 Å². The first-order valence-electron chi connectivity index (χ1n) is 11.6. The molecule has 6 rings (SSSR count). The zero-order valence-electron chi connectivity index (χ0n) is 23.3. The molecule has 0 spiro atoms. The third kappa shape index (κ3) is 10.2. The molecule has 3 aliphatic heterocycles. The summed E-state index contributed by atoms with van der Waals surface area (Å²) in [5.74, 6) is 0.0266. The van der Waals surface area contributed by atoms with Gasteiger partial charge in [-0.25, -0.2) is 15.0 Å². The molecule has 14 heteroatoms. The maximum absolute atomic E-state index is 11.5. The first-order chi connectivity index (χ1) is 17.9. The van der Waals surface area contributed by atoms with Crippen molar-refractivity contribution >= 4 is 123 Å². The van der Waals surface area contributed by atoms with E-state index in [1.54, 1.807) is 0 Å². The minimum atomic E-state index is -0.515. The third-order valence-corrected chi connectivity index (χ3v) is 7.36. The predicted octanol–water partition coefficient (Wildman–Crippen LogP) is 5.08. The second kappa shape index (κ2) is 17.3. The lowest BCUT2D eigenvalue weighted by molar-refractivity contribution is -0.119. The van der Waals surface area contributed by atoms with Crippen molar-refractivity contribution in [2.45, 2.75) is 44.9 Å². The summed E-state index contributed by atoms with van der Waals surface area (Å²) in [7, 11) is 0. The summed E-state index contributed by atoms with van der Waals surface area (Å²) in [5, 5.41) is 8.83. The Morgan fingerprint density at radius 2 is 1.24 bits per heavy atom. The molecule has 0 fully saturated rings. The van der Waals surface area contributed by atoms with Crippen LogP contribution in [-0.4, -0.2) is 38.2 Å². The van der Waals surface area contributed by atoms with Crippen molar-refractivity contribution in [2.24, 2.45) is 0 Å². The van der Waals surface area contributed by atoms with Gasteiger partial charge in [-0.1, -0.05) is 36.4 Å². The van der Waals surface area contributed by atoms with Gasteiger partial charge in [0.25, 0.3) is 0 Å². The van der Waals surface area contributed by atoms with E-state index in [9.17, 15) is 9.59 Å². The molecule has 0 unspecified atom stereocenters. The van der Waals surface area contributed by atoms with Gasteiger partial charge in [0.05, 0.1) is 46.0 Å². The Labute approximate surface area is 315 Å². The van der Waals surface area contributed by atoms with E-state index in [0.717, 1.165) is 48.8 Å². The standard InChI is InChI=1S/C9H9BrN2O.C9H11BrN2.C7H5BrN2O.CH3I.CH3.2HI/c1-9(2)7-5(11-8(9)13)3-4-6(10)12-7;1-9(2)5-11-6-3-4-7(10)12-8(6)9;8-6-2-1-4-5(9-6)3-7(11)10-4;1-2;;;/h3-4H,1-2H3,(H,11,13);3-4,11H,5H2,1-2H3;1-2H,3H2,(H,10,11);1H3;1H3;2*1H/q;;;;-1;;/p-1. The average molecular weight is 1090 g/mol. The molecule has 0 atom stereocenters. The van der Waals surface area contributed by atoms with Gasteiger partial charge >= 0.3 is 0 Å². The Morgan fingerprint density at radius 3 is 1.83 bits per heavy atom. The molecule has 41 heavy (non-hydrogen) atoms. The van der Waals surface area contributed by atoms with Crippen LogP contribution in [0.4, 0.5) is 17.1 Å². The molecule has 3 aromatic rings. The third-order valence-electron chi connectivity index (χ3n) is 6.03. The molecule has 226 valence electrons. The Bertz CT molecular complexity index is 1380. The monoisotopic (exact) mass is 1090 g/mol. The van der Waals surface area contributed by atoms with Crippen LogP contribution in [0.15, 0.2) is 50.2 Å². The number of nitrogens with zero attached hydrogens (tertiary/aromatic N) is 3. The molecule has 3 aliphatic rings. The van der Waals surface area contributed by atoms with Crippen LogP contribution in [0.1, 0.15) is 44.8 Å². The van der Waals surface area contributed by atoms with Crippen LogP contribution in [0.2, 0.25) is 0 Å². The number of hydrogen-bond acceptors (Lipinski definition) is 6. The number of hydrogen-bond donors (Lipinski definition) is 3. The van der Waals surface area contributed by atoms with Gasteiger partial charge in [-0.05, 0) is 103 Å². The lowest BCUT2D eigenvalue weighted by Crippen LogP contribution is -3.00. The van der Waals surface area contributed by atoms with Crippen molar-refractivity contribution in [1.82, 2.24) is 15.0 Å². The fraction of sp³-hybridized carbons (Fsp3) is 0.333. The van der Waals surface area contributed by atoms with Gasteiger partial charge in [0.2, 0.25) is 11.8 Å². The molecule has 3 N–H and O–H groups in total. The SMILES string of the molecule is CC1(C)C(=O)Nc2ccc(Br)nc21.CC1(C)CNc2ccc(Br)nc21.CI.I.O=C1Cc2nc(Br)ccc2N1.[CH3-].[I-]. The number of carbonyl (C=O) groups is 2. The van der Waals surface area contributed by atoms with Gasteiger partial charge in [-0.3, -0.25) is 9.59 Å². The maximum atomic E-state index is 11.5. The molecule has 0 bridgehead atoms. The van der Waals surface area contributed by atoms with Crippen LogP contribution in [0.5, 0.6) is 0 Å². The van der Waals surface area contributed by atoms with Gasteiger partial charge in [-0.2, -0.15) is 0 Å². The second-order valence-corrected chi connectivity index (χ2v) is 12.2. The van der Waals surface area contributed by atoms with Crippen molar-refractivity contribution < 1.29 is 33.6 Å². The van der Waals surface area contributed by atoms with Gasteiger partial charge in [-0.15, -0.1) is 24.0 Å². The van der Waals surface area contributed by atoms with Gasteiger partial charge in [0.1, 0.15) is 13.8 Å². The minimum absolute atomic E-state index is 0. The number of anilines is 3. The van der Waals surface area contributed by atoms with E-state index < -0.39 is 5.41 Å². The van der Waals surface area contributed by atoms with Crippen LogP contribution in [0.3, 0.4) is 0 Å². The molecular weight excluding hydrogens is 1060 g/mol. The fourth-order valence-corrected chi connectivity index (χ4v) is 4.93. The van der Waals surface area contributed by atoms with Crippen molar-refractivity contribution in [3.05, 3.63) is 74.7 Å². The average Bonchev–Trinajstić information content (AvgIpc) is 3.46. The molecule has 3 aromatic heterocycles. The maximum Gasteiger partial charge on any atom is 0.236 e. The smallest absolute Gasteiger partial charge is 0.236 e. The molecule has 0 radical (unpaired) electrons. The summed E-state index contributed by atoms with van der Waals surface area (Å²) >= 11 is 12.0. The Hall–Kier alpha value is -0.180. The van der Waals surface area contributed by atoms with Crippen LogP contribution in [-0.2, 0) is 26.8 Å². The zero-order valence-corrected chi connectivity index (χ0v) is 34.7. The highest BCUT2D eigenvalue weighted by molar-refractivity contribution is 14.1. The number of carbonyl (C=O) groups excluding carboxylic acids is 2. The summed E-state index contributed by atoms with van der Waals surface area (Å²) in [6.45, 7) is 9.11. The van der Waals surface area contributed by atoms with E-state index >= 15 is 0 Å². The van der Waals surface area contributed by atoms with E-state index in [4.69, 9.17) is 0 Å². The van der Waals surface area contributed by atoms with Crippen molar-refractivity contribution in [2.75, 3.05) is 27.4 Å². The lowest BCUT2D eigenvalue weighted by atomic mass is 9.90. The van der Waals surface area contributed by atoms with E-state index in [0.29, 0.717) is 6.42 Å². The number of aromatic nitrogens is 3. The van der Waals surface area contributed by atoms with Crippen LogP contribution >= 0.6 is 94.4 Å². The quantitative estimate of drug-likeness (QED) is 0.126. The van der Waals surface area contributed by atoms with Gasteiger partial charge in [0, 0.05) is 12.0 Å². The highest BCUT2D eigenvalue weighted by Crippen LogP contribution is 2.36. The molecule has 0 saturated carbocycles. The predicted molar refractivity (Wildman–Crippen MR) is 193 cm³/mol. The topological polar surface area (TPSA) is 109 Å². The number of nitrogens with one attached hydrogen (secondary N) is 3. The number of amides is 2. The largest absolute Gasteiger partial charge is 1.00 e. The molecule has 0 saturated heterocycles. The molecule has 0 aliphatic carbocycles. The molecule has 2 amide bonds. The minimum Gasteiger partial charge on any atom is -1.00 e. The van der Waals surface area contributed by atoms with E-state index in [2.05, 4.69) is 121 Å². The Kier molecular flexibility index (Phi) is 17.3. The molecule has 0 aromatic carbocycles. The molecule has 8 nitrogen and oxygen atoms in total. The van der Waals surface area contributed by atoms with Gasteiger partial charge in [0.15, 0.2) is 0 Å². The number of pyridine rings is 3. The number of rotatable bonds is 0. The van der Waals surface area contributed by atoms with Crippen molar-refractivity contribution in [3.8, 4) is 0 Å². The summed E-state index contributed by atoms with van der Waals surface area (Å²) in [5.41, 5.74) is 5.27. The lowest BCUT2D eigenvalue weighted by Gasteiger charge is -2.15. The van der Waals surface area contributed by atoms with Crippen LogP contribution < -0.4 is 39.9 Å². The Balaban J connectivity index is 0.000000550. The van der Waals surface area contributed by atoms with E-state index in [1.165, 1.54) is 5.69 Å². The fourth-order valence-electron chi connectivity index (χ4n) is 3.96. The highest BCUT2D eigenvalue weighted by atomic mass is 127. The van der Waals surface area contributed by atoms with Gasteiger partial charge < -0.3 is 47.4 Å². The van der Waals surface area contributed by atoms with Crippen LogP contribution in [0, 0.1) is 7.43 Å². The summed E-state index contributed by atoms with van der Waals surface area (Å²) in [4.78, 5) is 37.2. The normalized spacial score (nSPS) is 15.2. The summed E-state index contributed by atoms with van der Waals surface area (Å²) < 4.78 is 2.45. The number of fused-ring (bicyclic) bond motifs is 3. The molecule has 6 heterocycles. The van der Waals surface area contributed by atoms with Crippen molar-refractivity contribution in [3.63, 3.8) is 0 Å². The number of halogens is 6. The first kappa shape index (κ1) is 40.8. The van der Waals surface area contributed by atoms with E-state index in [-0.39, 0.29) is 72.6 Å². The molecular formula is C27H32Br3I3N6O2-2. The summed E-state index contributed by atoms with van der Waals surface area (Å²) in [6.07, 6.45) is 0.398. The highest BCUT2D eigenvalue weighted by Gasteiger charge is 2.39. The Morgan fingerprint density at radius 1 is 0.756 bits per heavy atom. The zero-order chi connectivity index (χ0) is 28.3. The first-order valence-corrected chi connectivity index (χ1v) is 16.1. The van der Waals surface area contributed by atoms with Crippen LogP contribution in [0.25, 0.3) is 0 Å². The van der Waals surface area contributed by atoms with Crippen molar-refractivity contribution in [1.29, 1.82) is 0 Å². The second-order valence-electron chi connectivity index (χ2n) is 9.73.